The average molecular weight is 304 g/mol. The van der Waals surface area contributed by atoms with Crippen LogP contribution in [0.25, 0.3) is 5.69 Å². The van der Waals surface area contributed by atoms with Crippen LogP contribution in [0.5, 0.6) is 0 Å². The normalized spacial score (nSPS) is 22.2. The van der Waals surface area contributed by atoms with Gasteiger partial charge in [-0.2, -0.15) is 5.10 Å². The summed E-state index contributed by atoms with van der Waals surface area (Å²) in [5.74, 6) is 0.851. The van der Waals surface area contributed by atoms with Crippen LogP contribution in [0, 0.1) is 5.92 Å². The van der Waals surface area contributed by atoms with Crippen LogP contribution in [-0.4, -0.2) is 15.8 Å². The van der Waals surface area contributed by atoms with E-state index < -0.39 is 0 Å². The van der Waals surface area contributed by atoms with Crippen LogP contribution in [0.3, 0.4) is 0 Å². The monoisotopic (exact) mass is 303 g/mol. The van der Waals surface area contributed by atoms with E-state index in [9.17, 15) is 0 Å². The maximum atomic E-state index is 6.39. The second-order valence-corrected chi connectivity index (χ2v) is 6.28. The molecule has 1 aromatic carbocycles. The van der Waals surface area contributed by atoms with Crippen molar-refractivity contribution in [3.63, 3.8) is 0 Å². The van der Waals surface area contributed by atoms with Gasteiger partial charge in [-0.3, -0.25) is 0 Å². The van der Waals surface area contributed by atoms with Gasteiger partial charge in [0.2, 0.25) is 0 Å². The van der Waals surface area contributed by atoms with E-state index in [-0.39, 0.29) is 0 Å². The molecule has 1 aromatic heterocycles. The molecule has 1 fully saturated rings. The third-order valence-electron chi connectivity index (χ3n) is 4.44. The topological polar surface area (TPSA) is 29.9 Å². The van der Waals surface area contributed by atoms with Crippen LogP contribution in [0.15, 0.2) is 36.7 Å². The molecule has 0 amide bonds. The Bertz CT molecular complexity index is 580. The van der Waals surface area contributed by atoms with Gasteiger partial charge in [-0.1, -0.05) is 43.9 Å². The highest BCUT2D eigenvalue weighted by atomic mass is 35.5. The first kappa shape index (κ1) is 14.5. The van der Waals surface area contributed by atoms with E-state index in [1.54, 1.807) is 6.20 Å². The highest BCUT2D eigenvalue weighted by Crippen LogP contribution is 2.32. The zero-order chi connectivity index (χ0) is 14.7. The first-order valence-electron chi connectivity index (χ1n) is 7.83. The summed E-state index contributed by atoms with van der Waals surface area (Å²) in [5.41, 5.74) is 2.02. The number of hydrogen-bond acceptors (Lipinski definition) is 2. The van der Waals surface area contributed by atoms with Crippen molar-refractivity contribution in [3.05, 3.63) is 41.7 Å². The van der Waals surface area contributed by atoms with E-state index in [2.05, 4.69) is 23.4 Å². The fourth-order valence-electron chi connectivity index (χ4n) is 3.28. The second-order valence-electron chi connectivity index (χ2n) is 5.87. The number of aromatic nitrogens is 2. The summed E-state index contributed by atoms with van der Waals surface area (Å²) in [6.07, 6.45) is 10.2. The predicted octanol–water partition coefficient (Wildman–Crippen LogP) is 4.91. The molecule has 4 heteroatoms. The van der Waals surface area contributed by atoms with Crippen molar-refractivity contribution in [2.75, 3.05) is 5.32 Å². The lowest BCUT2D eigenvalue weighted by molar-refractivity contribution is 0.327. The van der Waals surface area contributed by atoms with Crippen LogP contribution in [0.1, 0.15) is 39.0 Å². The smallest absolute Gasteiger partial charge is 0.106 e. The Labute approximate surface area is 131 Å². The van der Waals surface area contributed by atoms with E-state index >= 15 is 0 Å². The molecular weight excluding hydrogens is 282 g/mol. The van der Waals surface area contributed by atoms with Crippen molar-refractivity contribution in [2.24, 2.45) is 5.92 Å². The lowest BCUT2D eigenvalue weighted by atomic mass is 9.84. The Morgan fingerprint density at radius 3 is 3.00 bits per heavy atom. The fraction of sp³-hybridized carbons (Fsp3) is 0.471. The maximum absolute atomic E-state index is 6.39. The molecule has 0 aliphatic heterocycles. The molecular formula is C17H22ClN3. The van der Waals surface area contributed by atoms with Crippen molar-refractivity contribution in [1.29, 1.82) is 0 Å². The molecule has 1 aliphatic carbocycles. The molecule has 1 saturated carbocycles. The van der Waals surface area contributed by atoms with Crippen LogP contribution in [-0.2, 0) is 0 Å². The van der Waals surface area contributed by atoms with Gasteiger partial charge in [-0.25, -0.2) is 4.68 Å². The average Bonchev–Trinajstić information content (AvgIpc) is 3.01. The molecule has 2 aromatic rings. The molecule has 3 rings (SSSR count). The van der Waals surface area contributed by atoms with Gasteiger partial charge in [0.15, 0.2) is 0 Å². The Kier molecular flexibility index (Phi) is 4.49. The van der Waals surface area contributed by atoms with E-state index in [0.29, 0.717) is 6.04 Å². The molecule has 1 aliphatic rings. The highest BCUT2D eigenvalue weighted by molar-refractivity contribution is 6.33. The van der Waals surface area contributed by atoms with E-state index in [4.69, 9.17) is 11.6 Å². The Balaban J connectivity index is 1.84. The van der Waals surface area contributed by atoms with Crippen LogP contribution in [0.2, 0.25) is 5.02 Å². The number of anilines is 1. The molecule has 3 nitrogen and oxygen atoms in total. The lowest BCUT2D eigenvalue weighted by Gasteiger charge is -2.30. The summed E-state index contributed by atoms with van der Waals surface area (Å²) >= 11 is 6.39. The van der Waals surface area contributed by atoms with Crippen molar-refractivity contribution in [3.8, 4) is 5.69 Å². The molecule has 2 unspecified atom stereocenters. The standard InChI is InChI=1S/C17H22ClN3/c1-2-13-6-3-7-14(12-13)20-16-9-4-8-15(18)17(16)21-11-5-10-19-21/h4-5,8-11,13-14,20H,2-3,6-7,12H2,1H3. The number of halogens is 1. The molecule has 1 heterocycles. The van der Waals surface area contributed by atoms with Crippen molar-refractivity contribution >= 4 is 17.3 Å². The van der Waals surface area contributed by atoms with Crippen LogP contribution >= 0.6 is 11.6 Å². The first-order valence-corrected chi connectivity index (χ1v) is 8.20. The number of hydrogen-bond donors (Lipinski definition) is 1. The minimum absolute atomic E-state index is 0.538. The summed E-state index contributed by atoms with van der Waals surface area (Å²) in [7, 11) is 0. The summed E-state index contributed by atoms with van der Waals surface area (Å²) < 4.78 is 1.84. The third kappa shape index (κ3) is 3.24. The first-order chi connectivity index (χ1) is 10.3. The minimum atomic E-state index is 0.538. The van der Waals surface area contributed by atoms with Gasteiger partial charge in [-0.05, 0) is 37.0 Å². The number of nitrogens with one attached hydrogen (secondary N) is 1. The van der Waals surface area contributed by atoms with Gasteiger partial charge >= 0.3 is 0 Å². The van der Waals surface area contributed by atoms with E-state index in [1.807, 2.05) is 29.1 Å². The Morgan fingerprint density at radius 2 is 2.24 bits per heavy atom. The largest absolute Gasteiger partial charge is 0.381 e. The molecule has 112 valence electrons. The van der Waals surface area contributed by atoms with Crippen molar-refractivity contribution in [1.82, 2.24) is 9.78 Å². The van der Waals surface area contributed by atoms with E-state index in [0.717, 1.165) is 22.3 Å². The number of benzene rings is 1. The van der Waals surface area contributed by atoms with Gasteiger partial charge in [0.05, 0.1) is 10.7 Å². The van der Waals surface area contributed by atoms with Crippen molar-refractivity contribution < 1.29 is 0 Å². The lowest BCUT2D eigenvalue weighted by Crippen LogP contribution is -2.27. The van der Waals surface area contributed by atoms with Gasteiger partial charge in [-0.15, -0.1) is 0 Å². The number of para-hydroxylation sites is 1. The molecule has 2 atom stereocenters. The fourth-order valence-corrected chi connectivity index (χ4v) is 3.54. The molecule has 0 radical (unpaired) electrons. The summed E-state index contributed by atoms with van der Waals surface area (Å²) in [6.45, 7) is 2.29. The summed E-state index contributed by atoms with van der Waals surface area (Å²) in [4.78, 5) is 0. The second kappa shape index (κ2) is 6.52. The summed E-state index contributed by atoms with van der Waals surface area (Å²) in [5, 5.41) is 8.75. The number of nitrogens with zero attached hydrogens (tertiary/aromatic N) is 2. The van der Waals surface area contributed by atoms with Crippen LogP contribution < -0.4 is 5.32 Å². The zero-order valence-electron chi connectivity index (χ0n) is 12.4. The van der Waals surface area contributed by atoms with Gasteiger partial charge in [0, 0.05) is 18.4 Å². The number of rotatable bonds is 4. The van der Waals surface area contributed by atoms with Gasteiger partial charge in [0.1, 0.15) is 5.69 Å². The zero-order valence-corrected chi connectivity index (χ0v) is 13.2. The minimum Gasteiger partial charge on any atom is -0.381 e. The quantitative estimate of drug-likeness (QED) is 0.870. The molecule has 0 bridgehead atoms. The third-order valence-corrected chi connectivity index (χ3v) is 4.75. The molecule has 0 spiro atoms. The SMILES string of the molecule is CCC1CCCC(Nc2cccc(Cl)c2-n2cccn2)C1. The molecule has 0 saturated heterocycles. The Morgan fingerprint density at radius 1 is 1.33 bits per heavy atom. The van der Waals surface area contributed by atoms with Crippen molar-refractivity contribution in [2.45, 2.75) is 45.1 Å². The predicted molar refractivity (Wildman–Crippen MR) is 88.2 cm³/mol. The van der Waals surface area contributed by atoms with Crippen LogP contribution in [0.4, 0.5) is 5.69 Å². The Hall–Kier alpha value is -1.48. The maximum Gasteiger partial charge on any atom is 0.106 e. The van der Waals surface area contributed by atoms with E-state index in [1.165, 1.54) is 32.1 Å². The molecule has 1 N–H and O–H groups in total. The summed E-state index contributed by atoms with van der Waals surface area (Å²) in [6, 6.07) is 8.47. The van der Waals surface area contributed by atoms with Gasteiger partial charge < -0.3 is 5.32 Å². The molecule has 21 heavy (non-hydrogen) atoms. The highest BCUT2D eigenvalue weighted by Gasteiger charge is 2.22. The van der Waals surface area contributed by atoms with Gasteiger partial charge in [0.25, 0.3) is 0 Å².